The molecule has 0 aliphatic carbocycles. The lowest BCUT2D eigenvalue weighted by Gasteiger charge is -2.32. The molecule has 4 rings (SSSR count). The van der Waals surface area contributed by atoms with Gasteiger partial charge in [0.2, 0.25) is 0 Å². The number of carbonyl (C=O) groups is 2. The second-order valence-electron chi connectivity index (χ2n) is 7.93. The van der Waals surface area contributed by atoms with Crippen molar-refractivity contribution in [1.82, 2.24) is 20.1 Å². The second-order valence-corrected chi connectivity index (χ2v) is 9.28. The highest BCUT2D eigenvalue weighted by Crippen LogP contribution is 2.26. The molecule has 3 N–H and O–H groups in total. The Balaban J connectivity index is 1.52. The van der Waals surface area contributed by atoms with Crippen molar-refractivity contribution >= 4 is 55.9 Å². The number of amides is 2. The SMILES string of the molecule is CN1CCN(CCNC(=O)c2c(C(=O)Nc3ccc(Cl)cc3)[nH]c3cc(Br)ccc23)CC1. The number of likely N-dealkylation sites (N-methyl/N-ethyl adjacent to an activating group) is 1. The van der Waals surface area contributed by atoms with Gasteiger partial charge in [-0.2, -0.15) is 0 Å². The fraction of sp³-hybridized carbons (Fsp3) is 0.304. The quantitative estimate of drug-likeness (QED) is 0.464. The molecule has 0 radical (unpaired) electrons. The zero-order chi connectivity index (χ0) is 22.7. The number of anilines is 1. The van der Waals surface area contributed by atoms with E-state index < -0.39 is 0 Å². The van der Waals surface area contributed by atoms with Crippen LogP contribution in [0.15, 0.2) is 46.9 Å². The summed E-state index contributed by atoms with van der Waals surface area (Å²) in [6.07, 6.45) is 0. The number of benzene rings is 2. The van der Waals surface area contributed by atoms with E-state index in [0.29, 0.717) is 33.7 Å². The number of nitrogens with one attached hydrogen (secondary N) is 3. The topological polar surface area (TPSA) is 80.5 Å². The van der Waals surface area contributed by atoms with Crippen molar-refractivity contribution in [2.24, 2.45) is 0 Å². The van der Waals surface area contributed by atoms with E-state index >= 15 is 0 Å². The van der Waals surface area contributed by atoms with E-state index in [-0.39, 0.29) is 17.5 Å². The maximum atomic E-state index is 13.2. The first kappa shape index (κ1) is 22.8. The lowest BCUT2D eigenvalue weighted by molar-refractivity contribution is 0.0930. The average Bonchev–Trinajstić information content (AvgIpc) is 3.15. The molecular formula is C23H25BrClN5O2. The van der Waals surface area contributed by atoms with Crippen LogP contribution in [0.3, 0.4) is 0 Å². The van der Waals surface area contributed by atoms with Gasteiger partial charge in [-0.25, -0.2) is 0 Å². The molecule has 0 saturated carbocycles. The molecule has 7 nitrogen and oxygen atoms in total. The van der Waals surface area contributed by atoms with Crippen molar-refractivity contribution in [3.8, 4) is 0 Å². The van der Waals surface area contributed by atoms with Gasteiger partial charge in [0.25, 0.3) is 11.8 Å². The van der Waals surface area contributed by atoms with E-state index in [2.05, 4.69) is 48.4 Å². The number of nitrogens with zero attached hydrogens (tertiary/aromatic N) is 2. The third-order valence-electron chi connectivity index (χ3n) is 5.63. The molecule has 1 fully saturated rings. The minimum atomic E-state index is -0.385. The Morgan fingerprint density at radius 3 is 2.50 bits per heavy atom. The molecule has 1 aliphatic rings. The van der Waals surface area contributed by atoms with Gasteiger partial charge in [0.1, 0.15) is 5.69 Å². The molecule has 32 heavy (non-hydrogen) atoms. The molecule has 0 bridgehead atoms. The number of rotatable bonds is 6. The summed E-state index contributed by atoms with van der Waals surface area (Å²) in [6.45, 7) is 5.33. The standard InChI is InChI=1S/C23H25BrClN5O2/c1-29-10-12-30(13-11-29)9-8-26-22(31)20-18-7-2-15(24)14-19(18)28-21(20)23(32)27-17-5-3-16(25)4-6-17/h2-7,14,28H,8-13H2,1H3,(H,26,31)(H,27,32). The molecule has 168 valence electrons. The molecule has 1 aliphatic heterocycles. The summed E-state index contributed by atoms with van der Waals surface area (Å²) in [5.41, 5.74) is 1.88. The first-order valence-corrected chi connectivity index (χ1v) is 11.6. The Morgan fingerprint density at radius 2 is 1.78 bits per heavy atom. The van der Waals surface area contributed by atoms with Gasteiger partial charge < -0.3 is 20.5 Å². The molecule has 9 heteroatoms. The predicted octanol–water partition coefficient (Wildman–Crippen LogP) is 3.81. The van der Waals surface area contributed by atoms with Gasteiger partial charge >= 0.3 is 0 Å². The van der Waals surface area contributed by atoms with E-state index in [0.717, 1.165) is 37.2 Å². The van der Waals surface area contributed by atoms with Crippen LogP contribution < -0.4 is 10.6 Å². The highest BCUT2D eigenvalue weighted by Gasteiger charge is 2.24. The molecule has 0 unspecified atom stereocenters. The molecule has 0 spiro atoms. The van der Waals surface area contributed by atoms with Gasteiger partial charge in [-0.15, -0.1) is 0 Å². The summed E-state index contributed by atoms with van der Waals surface area (Å²) >= 11 is 9.38. The first-order valence-electron chi connectivity index (χ1n) is 10.5. The fourth-order valence-corrected chi connectivity index (χ4v) is 4.28. The Bertz CT molecular complexity index is 1120. The summed E-state index contributed by atoms with van der Waals surface area (Å²) in [7, 11) is 2.12. The Labute approximate surface area is 200 Å². The number of aromatic nitrogens is 1. The average molecular weight is 519 g/mol. The number of carbonyl (C=O) groups excluding carboxylic acids is 2. The monoisotopic (exact) mass is 517 g/mol. The molecular weight excluding hydrogens is 494 g/mol. The van der Waals surface area contributed by atoms with Crippen LogP contribution >= 0.6 is 27.5 Å². The van der Waals surface area contributed by atoms with E-state index in [1.54, 1.807) is 24.3 Å². The van der Waals surface area contributed by atoms with Crippen LogP contribution in [0, 0.1) is 0 Å². The zero-order valence-electron chi connectivity index (χ0n) is 17.8. The van der Waals surface area contributed by atoms with E-state index in [1.165, 1.54) is 0 Å². The van der Waals surface area contributed by atoms with E-state index in [1.807, 2.05) is 18.2 Å². The molecule has 0 atom stereocenters. The fourth-order valence-electron chi connectivity index (χ4n) is 3.79. The van der Waals surface area contributed by atoms with Gasteiger partial charge in [-0.1, -0.05) is 33.6 Å². The first-order chi connectivity index (χ1) is 15.4. The minimum absolute atomic E-state index is 0.227. The van der Waals surface area contributed by atoms with Crippen LogP contribution in [0.1, 0.15) is 20.8 Å². The molecule has 2 amide bonds. The number of hydrogen-bond acceptors (Lipinski definition) is 4. The zero-order valence-corrected chi connectivity index (χ0v) is 20.1. The highest BCUT2D eigenvalue weighted by molar-refractivity contribution is 9.10. The number of H-pyrrole nitrogens is 1. The van der Waals surface area contributed by atoms with Gasteiger partial charge in [0, 0.05) is 65.4 Å². The minimum Gasteiger partial charge on any atom is -0.351 e. The summed E-state index contributed by atoms with van der Waals surface area (Å²) in [5.74, 6) is -0.655. The molecule has 2 heterocycles. The van der Waals surface area contributed by atoms with Crippen molar-refractivity contribution in [3.05, 3.63) is 63.2 Å². The smallest absolute Gasteiger partial charge is 0.272 e. The number of fused-ring (bicyclic) bond motifs is 1. The Kier molecular flexibility index (Phi) is 7.15. The van der Waals surface area contributed by atoms with Gasteiger partial charge in [0.05, 0.1) is 5.56 Å². The summed E-state index contributed by atoms with van der Waals surface area (Å²) < 4.78 is 0.859. The van der Waals surface area contributed by atoms with Crippen LogP contribution in [0.4, 0.5) is 5.69 Å². The number of piperazine rings is 1. The van der Waals surface area contributed by atoms with Gasteiger partial charge in [0.15, 0.2) is 0 Å². The maximum Gasteiger partial charge on any atom is 0.272 e. The third kappa shape index (κ3) is 5.32. The van der Waals surface area contributed by atoms with Crippen LogP contribution in [-0.2, 0) is 0 Å². The summed E-state index contributed by atoms with van der Waals surface area (Å²) in [4.78, 5) is 34.0. The number of aromatic amines is 1. The molecule has 3 aromatic rings. The predicted molar refractivity (Wildman–Crippen MR) is 132 cm³/mol. The largest absolute Gasteiger partial charge is 0.351 e. The summed E-state index contributed by atoms with van der Waals surface area (Å²) in [5, 5.41) is 7.11. The number of halogens is 2. The third-order valence-corrected chi connectivity index (χ3v) is 6.37. The van der Waals surface area contributed by atoms with E-state index in [4.69, 9.17) is 11.6 Å². The van der Waals surface area contributed by atoms with Crippen LogP contribution in [0.2, 0.25) is 5.02 Å². The lowest BCUT2D eigenvalue weighted by atomic mass is 10.1. The molecule has 1 saturated heterocycles. The Hall–Kier alpha value is -2.39. The lowest BCUT2D eigenvalue weighted by Crippen LogP contribution is -2.47. The summed E-state index contributed by atoms with van der Waals surface area (Å²) in [6, 6.07) is 12.4. The highest BCUT2D eigenvalue weighted by atomic mass is 79.9. The second kappa shape index (κ2) is 10.0. The van der Waals surface area contributed by atoms with Crippen molar-refractivity contribution in [3.63, 3.8) is 0 Å². The van der Waals surface area contributed by atoms with Gasteiger partial charge in [-0.3, -0.25) is 14.5 Å². The van der Waals surface area contributed by atoms with Crippen molar-refractivity contribution in [1.29, 1.82) is 0 Å². The van der Waals surface area contributed by atoms with Gasteiger partial charge in [-0.05, 0) is 43.4 Å². The molecule has 2 aromatic carbocycles. The number of hydrogen-bond donors (Lipinski definition) is 3. The maximum absolute atomic E-state index is 13.2. The van der Waals surface area contributed by atoms with Crippen molar-refractivity contribution in [2.45, 2.75) is 0 Å². The van der Waals surface area contributed by atoms with E-state index in [9.17, 15) is 9.59 Å². The normalized spacial score (nSPS) is 15.1. The van der Waals surface area contributed by atoms with Crippen LogP contribution in [0.5, 0.6) is 0 Å². The van der Waals surface area contributed by atoms with Crippen LogP contribution in [-0.4, -0.2) is 72.9 Å². The molecule has 1 aromatic heterocycles. The van der Waals surface area contributed by atoms with Crippen molar-refractivity contribution in [2.75, 3.05) is 51.6 Å². The van der Waals surface area contributed by atoms with Crippen molar-refractivity contribution < 1.29 is 9.59 Å². The van der Waals surface area contributed by atoms with Crippen LogP contribution in [0.25, 0.3) is 10.9 Å². The Morgan fingerprint density at radius 1 is 1.06 bits per heavy atom.